The molecule has 4 heteroatoms. The maximum absolute atomic E-state index is 14.0. The van der Waals surface area contributed by atoms with Gasteiger partial charge in [0, 0.05) is 17.6 Å². The Balaban J connectivity index is 2.19. The van der Waals surface area contributed by atoms with Gasteiger partial charge in [0.05, 0.1) is 5.60 Å². The highest BCUT2D eigenvalue weighted by atomic mass is 79.9. The maximum atomic E-state index is 14.0. The molecule has 0 aliphatic heterocycles. The summed E-state index contributed by atoms with van der Waals surface area (Å²) in [7, 11) is 3.73. The number of hydrogen-bond acceptors (Lipinski definition) is 2. The number of rotatable bonds is 5. The molecule has 0 saturated heterocycles. The minimum absolute atomic E-state index is 0.124. The van der Waals surface area contributed by atoms with Crippen LogP contribution in [0.2, 0.25) is 0 Å². The molecule has 1 atom stereocenters. The summed E-state index contributed by atoms with van der Waals surface area (Å²) < 4.78 is 20.9. The first-order chi connectivity index (χ1) is 10.0. The van der Waals surface area contributed by atoms with Crippen LogP contribution in [0.1, 0.15) is 38.2 Å². The van der Waals surface area contributed by atoms with Crippen LogP contribution < -0.4 is 5.32 Å². The molecular formula is C17H25BrFNO. The molecule has 1 fully saturated rings. The van der Waals surface area contributed by atoms with E-state index in [0.29, 0.717) is 6.42 Å². The summed E-state index contributed by atoms with van der Waals surface area (Å²) in [5, 5.41) is 3.37. The molecule has 1 saturated carbocycles. The predicted molar refractivity (Wildman–Crippen MR) is 88.0 cm³/mol. The van der Waals surface area contributed by atoms with Gasteiger partial charge in [-0.05, 0) is 68.8 Å². The summed E-state index contributed by atoms with van der Waals surface area (Å²) in [4.78, 5) is 0. The zero-order valence-corrected chi connectivity index (χ0v) is 14.7. The average molecular weight is 358 g/mol. The van der Waals surface area contributed by atoms with Gasteiger partial charge in [0.2, 0.25) is 0 Å². The topological polar surface area (TPSA) is 21.3 Å². The van der Waals surface area contributed by atoms with Gasteiger partial charge in [-0.15, -0.1) is 0 Å². The van der Waals surface area contributed by atoms with E-state index in [1.807, 2.05) is 13.1 Å². The van der Waals surface area contributed by atoms with Crippen molar-refractivity contribution >= 4 is 15.9 Å². The van der Waals surface area contributed by atoms with Gasteiger partial charge in [-0.2, -0.15) is 0 Å². The van der Waals surface area contributed by atoms with Gasteiger partial charge in [-0.1, -0.05) is 22.9 Å². The van der Waals surface area contributed by atoms with E-state index in [9.17, 15) is 4.39 Å². The number of halogens is 2. The Hall–Kier alpha value is -0.450. The average Bonchev–Trinajstić information content (AvgIpc) is 2.49. The summed E-state index contributed by atoms with van der Waals surface area (Å²) >= 11 is 3.42. The molecule has 0 aromatic heterocycles. The lowest BCUT2D eigenvalue weighted by Crippen LogP contribution is -2.54. The molecule has 0 heterocycles. The van der Waals surface area contributed by atoms with E-state index in [1.165, 1.54) is 18.9 Å². The lowest BCUT2D eigenvalue weighted by Gasteiger charge is -2.44. The highest BCUT2D eigenvalue weighted by Gasteiger charge is 2.41. The first-order valence-electron chi connectivity index (χ1n) is 7.67. The van der Waals surface area contributed by atoms with Gasteiger partial charge in [0.15, 0.2) is 0 Å². The largest absolute Gasteiger partial charge is 0.377 e. The molecule has 1 aliphatic rings. The fraction of sp³-hybridized carbons (Fsp3) is 0.647. The van der Waals surface area contributed by atoms with Gasteiger partial charge < -0.3 is 10.1 Å². The Labute approximate surface area is 135 Å². The molecule has 0 spiro atoms. The molecule has 1 aliphatic carbocycles. The second-order valence-electron chi connectivity index (χ2n) is 6.23. The third-order valence-electron chi connectivity index (χ3n) is 4.94. The van der Waals surface area contributed by atoms with Crippen LogP contribution in [-0.4, -0.2) is 25.8 Å². The third-order valence-corrected chi connectivity index (χ3v) is 5.44. The van der Waals surface area contributed by atoms with Gasteiger partial charge in [0.1, 0.15) is 5.82 Å². The highest BCUT2D eigenvalue weighted by molar-refractivity contribution is 9.10. The second-order valence-corrected chi connectivity index (χ2v) is 7.15. The quantitative estimate of drug-likeness (QED) is 0.847. The van der Waals surface area contributed by atoms with E-state index in [4.69, 9.17) is 4.74 Å². The van der Waals surface area contributed by atoms with E-state index in [-0.39, 0.29) is 17.5 Å². The number of benzene rings is 1. The Kier molecular flexibility index (Phi) is 5.81. The van der Waals surface area contributed by atoms with E-state index in [2.05, 4.69) is 28.2 Å². The van der Waals surface area contributed by atoms with Crippen molar-refractivity contribution in [1.82, 2.24) is 5.32 Å². The van der Waals surface area contributed by atoms with Crippen LogP contribution in [0.3, 0.4) is 0 Å². The van der Waals surface area contributed by atoms with E-state index >= 15 is 0 Å². The third kappa shape index (κ3) is 3.85. The molecule has 118 valence electrons. The van der Waals surface area contributed by atoms with Gasteiger partial charge in [-0.25, -0.2) is 4.39 Å². The number of hydrogen-bond donors (Lipinski definition) is 1. The molecule has 0 radical (unpaired) electrons. The molecular weight excluding hydrogens is 333 g/mol. The van der Waals surface area contributed by atoms with Crippen molar-refractivity contribution in [2.75, 3.05) is 14.2 Å². The number of methoxy groups -OCH3 is 1. The zero-order chi connectivity index (χ0) is 15.5. The molecule has 2 nitrogen and oxygen atoms in total. The minimum Gasteiger partial charge on any atom is -0.377 e. The molecule has 0 amide bonds. The summed E-state index contributed by atoms with van der Waals surface area (Å²) in [5.74, 6) is 0.613. The fourth-order valence-corrected chi connectivity index (χ4v) is 3.82. The number of ether oxygens (including phenoxy) is 1. The summed E-state index contributed by atoms with van der Waals surface area (Å²) in [5.41, 5.74) is 0.550. The van der Waals surface area contributed by atoms with E-state index < -0.39 is 0 Å². The lowest BCUT2D eigenvalue weighted by molar-refractivity contribution is -0.0731. The predicted octanol–water partition coefficient (Wildman–Crippen LogP) is 4.31. The van der Waals surface area contributed by atoms with Gasteiger partial charge >= 0.3 is 0 Å². The zero-order valence-electron chi connectivity index (χ0n) is 13.1. The van der Waals surface area contributed by atoms with Crippen LogP contribution in [0.25, 0.3) is 0 Å². The molecule has 0 bridgehead atoms. The normalized spacial score (nSPS) is 27.6. The van der Waals surface area contributed by atoms with Crippen LogP contribution in [0, 0.1) is 11.7 Å². The lowest BCUT2D eigenvalue weighted by atomic mass is 9.74. The highest BCUT2D eigenvalue weighted by Crippen LogP contribution is 2.38. The monoisotopic (exact) mass is 357 g/mol. The number of nitrogens with one attached hydrogen (secondary N) is 1. The summed E-state index contributed by atoms with van der Waals surface area (Å²) in [6.07, 6.45) is 5.06. The van der Waals surface area contributed by atoms with Crippen molar-refractivity contribution in [2.45, 2.75) is 50.7 Å². The van der Waals surface area contributed by atoms with E-state index in [0.717, 1.165) is 28.8 Å². The summed E-state index contributed by atoms with van der Waals surface area (Å²) in [6.45, 7) is 2.29. The van der Waals surface area contributed by atoms with E-state index in [1.54, 1.807) is 13.2 Å². The maximum Gasteiger partial charge on any atom is 0.126 e. The van der Waals surface area contributed by atoms with Crippen molar-refractivity contribution in [3.63, 3.8) is 0 Å². The Morgan fingerprint density at radius 1 is 1.43 bits per heavy atom. The first-order valence-corrected chi connectivity index (χ1v) is 8.46. The summed E-state index contributed by atoms with van der Waals surface area (Å²) in [6, 6.07) is 5.25. The molecule has 1 unspecified atom stereocenters. The standard InChI is InChI=1S/C17H25BrFNO/c1-12-6-8-17(21-3,9-7-12)16(20-2)11-13-10-14(18)4-5-15(13)19/h4-5,10,12,16,20H,6-9,11H2,1-3H3. The molecule has 1 N–H and O–H groups in total. The van der Waals surface area contributed by atoms with Crippen LogP contribution >= 0.6 is 15.9 Å². The molecule has 2 rings (SSSR count). The molecule has 1 aromatic carbocycles. The van der Waals surface area contributed by atoms with Crippen LogP contribution in [0.5, 0.6) is 0 Å². The van der Waals surface area contributed by atoms with Crippen molar-refractivity contribution in [1.29, 1.82) is 0 Å². The Morgan fingerprint density at radius 3 is 2.67 bits per heavy atom. The van der Waals surface area contributed by atoms with Crippen molar-refractivity contribution in [2.24, 2.45) is 5.92 Å². The van der Waals surface area contributed by atoms with Gasteiger partial charge in [-0.3, -0.25) is 0 Å². The Morgan fingerprint density at radius 2 is 2.10 bits per heavy atom. The molecule has 1 aromatic rings. The van der Waals surface area contributed by atoms with Crippen molar-refractivity contribution < 1.29 is 9.13 Å². The van der Waals surface area contributed by atoms with Crippen LogP contribution in [0.4, 0.5) is 4.39 Å². The minimum atomic E-state index is -0.185. The van der Waals surface area contributed by atoms with Gasteiger partial charge in [0.25, 0.3) is 0 Å². The second kappa shape index (κ2) is 7.21. The van der Waals surface area contributed by atoms with Crippen molar-refractivity contribution in [3.05, 3.63) is 34.1 Å². The SMILES string of the molecule is CNC(Cc1cc(Br)ccc1F)C1(OC)CCC(C)CC1. The fourth-order valence-electron chi connectivity index (χ4n) is 3.42. The van der Waals surface area contributed by atoms with Crippen molar-refractivity contribution in [3.8, 4) is 0 Å². The number of likely N-dealkylation sites (N-methyl/N-ethyl adjacent to an activating group) is 1. The Bertz CT molecular complexity index is 472. The smallest absolute Gasteiger partial charge is 0.126 e. The first kappa shape index (κ1) is 16.9. The van der Waals surface area contributed by atoms with Crippen LogP contribution in [-0.2, 0) is 11.2 Å². The molecule has 21 heavy (non-hydrogen) atoms. The van der Waals surface area contributed by atoms with Crippen LogP contribution in [0.15, 0.2) is 22.7 Å².